The van der Waals surface area contributed by atoms with Crippen LogP contribution in [0, 0.1) is 0 Å². The van der Waals surface area contributed by atoms with Gasteiger partial charge in [0.15, 0.2) is 5.78 Å². The van der Waals surface area contributed by atoms with Gasteiger partial charge in [0.1, 0.15) is 12.4 Å². The van der Waals surface area contributed by atoms with Gasteiger partial charge in [0.05, 0.1) is 18.8 Å². The lowest BCUT2D eigenvalue weighted by molar-refractivity contribution is -0.142. The Kier molecular flexibility index (Phi) is 5.72. The molecule has 2 aliphatic heterocycles. The quantitative estimate of drug-likeness (QED) is 0.768. The maximum Gasteiger partial charge on any atom is 0.336 e. The molecule has 1 saturated heterocycles. The Morgan fingerprint density at radius 2 is 2.14 bits per heavy atom. The van der Waals surface area contributed by atoms with Gasteiger partial charge in [-0.1, -0.05) is 12.1 Å². The van der Waals surface area contributed by atoms with Crippen LogP contribution in [-0.2, 0) is 19.1 Å². The van der Waals surface area contributed by atoms with Gasteiger partial charge in [-0.15, -0.1) is 0 Å². The number of dihydropyridines is 1. The van der Waals surface area contributed by atoms with E-state index in [0.717, 1.165) is 42.6 Å². The fourth-order valence-electron chi connectivity index (χ4n) is 4.43. The Balaban J connectivity index is 1.70. The van der Waals surface area contributed by atoms with Crippen LogP contribution >= 0.6 is 0 Å². The highest BCUT2D eigenvalue weighted by Gasteiger charge is 2.39. The molecular weight excluding hydrogens is 370 g/mol. The molecule has 1 N–H and O–H groups in total. The number of Topliss-reactive ketones (excluding diaryl/α,β-unsaturated/α-hetero) is 1. The fraction of sp³-hybridized carbons (Fsp3) is 0.478. The summed E-state index contributed by atoms with van der Waals surface area (Å²) in [7, 11) is 1.61. The first-order chi connectivity index (χ1) is 14.1. The van der Waals surface area contributed by atoms with Crippen molar-refractivity contribution in [3.8, 4) is 5.75 Å². The average Bonchev–Trinajstić information content (AvgIpc) is 3.25. The van der Waals surface area contributed by atoms with E-state index < -0.39 is 11.9 Å². The van der Waals surface area contributed by atoms with Gasteiger partial charge in [-0.3, -0.25) is 4.79 Å². The standard InChI is InChI=1S/C23H27NO5/c1-14-20(23(26)29-13-17-8-5-11-28-17)21(15-6-3-7-16(12-15)27-2)22-18(24-14)9-4-10-19(22)25/h3,6-7,12,17,21,24H,4-5,8-11,13H2,1-2H3/t17-,21-/m0/s1. The number of allylic oxidation sites excluding steroid dienone is 3. The van der Waals surface area contributed by atoms with Crippen LogP contribution in [0.15, 0.2) is 46.8 Å². The highest BCUT2D eigenvalue weighted by atomic mass is 16.6. The molecular formula is C23H27NO5. The second kappa shape index (κ2) is 8.41. The molecule has 2 heterocycles. The van der Waals surface area contributed by atoms with E-state index in [1.165, 1.54) is 0 Å². The molecule has 0 radical (unpaired) electrons. The Labute approximate surface area is 170 Å². The van der Waals surface area contributed by atoms with Crippen LogP contribution in [0.1, 0.15) is 50.5 Å². The molecule has 0 saturated carbocycles. The number of carbonyl (C=O) groups excluding carboxylic acids is 2. The minimum Gasteiger partial charge on any atom is -0.497 e. The molecule has 29 heavy (non-hydrogen) atoms. The van der Waals surface area contributed by atoms with Crippen LogP contribution < -0.4 is 10.1 Å². The van der Waals surface area contributed by atoms with Crippen molar-refractivity contribution in [3.63, 3.8) is 0 Å². The van der Waals surface area contributed by atoms with Crippen LogP contribution in [-0.4, -0.2) is 38.2 Å². The van der Waals surface area contributed by atoms with E-state index in [1.54, 1.807) is 7.11 Å². The number of benzene rings is 1. The molecule has 154 valence electrons. The zero-order valence-corrected chi connectivity index (χ0v) is 17.0. The lowest BCUT2D eigenvalue weighted by atomic mass is 9.75. The summed E-state index contributed by atoms with van der Waals surface area (Å²) < 4.78 is 16.6. The highest BCUT2D eigenvalue weighted by molar-refractivity contribution is 6.03. The smallest absolute Gasteiger partial charge is 0.336 e. The first-order valence-electron chi connectivity index (χ1n) is 10.2. The van der Waals surface area contributed by atoms with Crippen LogP contribution in [0.25, 0.3) is 0 Å². The van der Waals surface area contributed by atoms with Gasteiger partial charge in [0.2, 0.25) is 0 Å². The second-order valence-corrected chi connectivity index (χ2v) is 7.78. The Bertz CT molecular complexity index is 879. The number of hydrogen-bond acceptors (Lipinski definition) is 6. The van der Waals surface area contributed by atoms with E-state index >= 15 is 0 Å². The van der Waals surface area contributed by atoms with Crippen molar-refractivity contribution in [2.24, 2.45) is 0 Å². The molecule has 4 rings (SSSR count). The summed E-state index contributed by atoms with van der Waals surface area (Å²) in [5, 5.41) is 3.31. The molecule has 0 amide bonds. The van der Waals surface area contributed by atoms with E-state index in [0.29, 0.717) is 29.9 Å². The van der Waals surface area contributed by atoms with Crippen molar-refractivity contribution in [2.75, 3.05) is 20.3 Å². The third-order valence-corrected chi connectivity index (χ3v) is 5.85. The molecule has 1 aromatic rings. The Morgan fingerprint density at radius 1 is 1.28 bits per heavy atom. The molecule has 3 aliphatic rings. The summed E-state index contributed by atoms with van der Waals surface area (Å²) in [6.45, 7) is 2.82. The molecule has 6 heteroatoms. The van der Waals surface area contributed by atoms with E-state index in [2.05, 4.69) is 5.32 Å². The van der Waals surface area contributed by atoms with Crippen molar-refractivity contribution >= 4 is 11.8 Å². The lowest BCUT2D eigenvalue weighted by Gasteiger charge is -2.34. The van der Waals surface area contributed by atoms with Gasteiger partial charge < -0.3 is 19.5 Å². The number of esters is 1. The third kappa shape index (κ3) is 3.94. The van der Waals surface area contributed by atoms with Crippen LogP contribution in [0.2, 0.25) is 0 Å². The SMILES string of the molecule is COc1cccc([C@H]2C(C(=O)OC[C@@H]3CCCO3)=C(C)NC3=C2C(=O)CCC3)c1. The fourth-order valence-corrected chi connectivity index (χ4v) is 4.43. The predicted molar refractivity (Wildman–Crippen MR) is 107 cm³/mol. The van der Waals surface area contributed by atoms with E-state index in [-0.39, 0.29) is 18.5 Å². The Hall–Kier alpha value is -2.60. The molecule has 6 nitrogen and oxygen atoms in total. The number of ketones is 1. The molecule has 1 aromatic carbocycles. The van der Waals surface area contributed by atoms with Crippen molar-refractivity contribution < 1.29 is 23.8 Å². The highest BCUT2D eigenvalue weighted by Crippen LogP contribution is 2.43. The summed E-state index contributed by atoms with van der Waals surface area (Å²) in [6, 6.07) is 7.57. The molecule has 1 fully saturated rings. The van der Waals surface area contributed by atoms with Gasteiger partial charge in [-0.05, 0) is 50.3 Å². The van der Waals surface area contributed by atoms with Crippen LogP contribution in [0.3, 0.4) is 0 Å². The normalized spacial score (nSPS) is 24.3. The molecule has 0 unspecified atom stereocenters. The first kappa shape index (κ1) is 19.7. The largest absolute Gasteiger partial charge is 0.497 e. The van der Waals surface area contributed by atoms with Gasteiger partial charge >= 0.3 is 5.97 Å². The maximum atomic E-state index is 13.1. The van der Waals surface area contributed by atoms with Gasteiger partial charge in [0, 0.05) is 35.9 Å². The van der Waals surface area contributed by atoms with Crippen LogP contribution in [0.5, 0.6) is 5.75 Å². The monoisotopic (exact) mass is 397 g/mol. The second-order valence-electron chi connectivity index (χ2n) is 7.78. The number of ether oxygens (including phenoxy) is 3. The summed E-state index contributed by atoms with van der Waals surface area (Å²) >= 11 is 0. The first-order valence-corrected chi connectivity index (χ1v) is 10.2. The number of methoxy groups -OCH3 is 1. The van der Waals surface area contributed by atoms with Crippen molar-refractivity contribution in [3.05, 3.63) is 52.4 Å². The number of nitrogens with one attached hydrogen (secondary N) is 1. The predicted octanol–water partition coefficient (Wildman–Crippen LogP) is 3.39. The molecule has 0 aromatic heterocycles. The van der Waals surface area contributed by atoms with E-state index in [9.17, 15) is 9.59 Å². The van der Waals surface area contributed by atoms with Crippen molar-refractivity contribution in [1.82, 2.24) is 5.32 Å². The van der Waals surface area contributed by atoms with Gasteiger partial charge in [-0.25, -0.2) is 4.79 Å². The summed E-state index contributed by atoms with van der Waals surface area (Å²) in [5.74, 6) is -0.0750. The minimum atomic E-state index is -0.453. The van der Waals surface area contributed by atoms with Crippen molar-refractivity contribution in [1.29, 1.82) is 0 Å². The third-order valence-electron chi connectivity index (χ3n) is 5.85. The Morgan fingerprint density at radius 3 is 2.90 bits per heavy atom. The van der Waals surface area contributed by atoms with E-state index in [4.69, 9.17) is 14.2 Å². The minimum absolute atomic E-state index is 0.0437. The van der Waals surface area contributed by atoms with Gasteiger partial charge in [-0.2, -0.15) is 0 Å². The maximum absolute atomic E-state index is 13.1. The molecule has 0 bridgehead atoms. The summed E-state index contributed by atoms with van der Waals surface area (Å²) in [5.41, 5.74) is 3.69. The number of rotatable bonds is 5. The summed E-state index contributed by atoms with van der Waals surface area (Å²) in [4.78, 5) is 26.0. The molecule has 1 aliphatic carbocycles. The number of hydrogen-bond donors (Lipinski definition) is 1. The molecule has 0 spiro atoms. The molecule has 2 atom stereocenters. The number of carbonyl (C=O) groups is 2. The zero-order chi connectivity index (χ0) is 20.4. The lowest BCUT2D eigenvalue weighted by Crippen LogP contribution is -2.35. The zero-order valence-electron chi connectivity index (χ0n) is 17.0. The topological polar surface area (TPSA) is 73.9 Å². The average molecular weight is 397 g/mol. The van der Waals surface area contributed by atoms with Crippen molar-refractivity contribution in [2.45, 2.75) is 51.0 Å². The van der Waals surface area contributed by atoms with E-state index in [1.807, 2.05) is 31.2 Å². The summed E-state index contributed by atoms with van der Waals surface area (Å²) in [6.07, 6.45) is 3.97. The van der Waals surface area contributed by atoms with Gasteiger partial charge in [0.25, 0.3) is 0 Å². The van der Waals surface area contributed by atoms with Crippen LogP contribution in [0.4, 0.5) is 0 Å².